The molecule has 2 heteroatoms. The lowest BCUT2D eigenvalue weighted by atomic mass is 9.89. The standard InChI is InChI=1S/C17H22N2/c1-10(2)12-5-7-14-13(9-12)6-8-15-16(14)19-17(18-15)11(3)4/h5,7,9-11H,6,8H2,1-4H3,(H,18,19). The van der Waals surface area contributed by atoms with Crippen LogP contribution in [0.2, 0.25) is 0 Å². The Morgan fingerprint density at radius 3 is 2.53 bits per heavy atom. The van der Waals surface area contributed by atoms with E-state index in [0.29, 0.717) is 11.8 Å². The van der Waals surface area contributed by atoms with Gasteiger partial charge in [-0.25, -0.2) is 4.98 Å². The summed E-state index contributed by atoms with van der Waals surface area (Å²) in [6.07, 6.45) is 2.21. The average Bonchev–Trinajstić information content (AvgIpc) is 2.82. The zero-order valence-corrected chi connectivity index (χ0v) is 12.2. The molecule has 1 heterocycles. The van der Waals surface area contributed by atoms with Gasteiger partial charge in [0, 0.05) is 17.2 Å². The first-order chi connectivity index (χ1) is 9.06. The van der Waals surface area contributed by atoms with Gasteiger partial charge in [-0.2, -0.15) is 0 Å². The van der Waals surface area contributed by atoms with Crippen LogP contribution in [0, 0.1) is 0 Å². The minimum atomic E-state index is 0.462. The lowest BCUT2D eigenvalue weighted by molar-refractivity contribution is 0.786. The number of H-pyrrole nitrogens is 1. The summed E-state index contributed by atoms with van der Waals surface area (Å²) in [5.74, 6) is 2.17. The van der Waals surface area contributed by atoms with E-state index in [9.17, 15) is 0 Å². The van der Waals surface area contributed by atoms with E-state index in [1.807, 2.05) is 0 Å². The molecule has 0 saturated heterocycles. The van der Waals surface area contributed by atoms with Crippen LogP contribution >= 0.6 is 0 Å². The Kier molecular flexibility index (Phi) is 2.96. The predicted octanol–water partition coefficient (Wildman–Crippen LogP) is 4.42. The Hall–Kier alpha value is -1.57. The number of aromatic nitrogens is 2. The summed E-state index contributed by atoms with van der Waals surface area (Å²) in [6.45, 7) is 8.88. The topological polar surface area (TPSA) is 28.7 Å². The first-order valence-electron chi connectivity index (χ1n) is 7.28. The van der Waals surface area contributed by atoms with Gasteiger partial charge in [0.25, 0.3) is 0 Å². The number of imidazole rings is 1. The van der Waals surface area contributed by atoms with Crippen LogP contribution in [0.5, 0.6) is 0 Å². The highest BCUT2D eigenvalue weighted by Gasteiger charge is 2.21. The summed E-state index contributed by atoms with van der Waals surface area (Å²) in [5.41, 5.74) is 6.71. The summed E-state index contributed by atoms with van der Waals surface area (Å²) >= 11 is 0. The van der Waals surface area contributed by atoms with Crippen LogP contribution in [0.25, 0.3) is 11.3 Å². The van der Waals surface area contributed by atoms with Gasteiger partial charge in [0.1, 0.15) is 5.82 Å². The summed E-state index contributed by atoms with van der Waals surface area (Å²) in [5, 5.41) is 0. The average molecular weight is 254 g/mol. The molecule has 0 bridgehead atoms. The second-order valence-electron chi connectivity index (χ2n) is 6.18. The molecular weight excluding hydrogens is 232 g/mol. The van der Waals surface area contributed by atoms with Crippen molar-refractivity contribution in [2.24, 2.45) is 0 Å². The lowest BCUT2D eigenvalue weighted by Crippen LogP contribution is -2.04. The number of nitrogens with one attached hydrogen (secondary N) is 1. The van der Waals surface area contributed by atoms with E-state index in [1.54, 1.807) is 0 Å². The first kappa shape index (κ1) is 12.5. The first-order valence-corrected chi connectivity index (χ1v) is 7.28. The fourth-order valence-electron chi connectivity index (χ4n) is 2.78. The molecule has 0 saturated carbocycles. The summed E-state index contributed by atoms with van der Waals surface area (Å²) in [4.78, 5) is 8.31. The minimum Gasteiger partial charge on any atom is -0.345 e. The van der Waals surface area contributed by atoms with Gasteiger partial charge in [0.2, 0.25) is 0 Å². The zero-order valence-electron chi connectivity index (χ0n) is 12.2. The SMILES string of the molecule is CC(C)c1ccc2c(c1)CCc1[nH]c(C(C)C)nc1-2. The number of hydrogen-bond acceptors (Lipinski definition) is 1. The van der Waals surface area contributed by atoms with E-state index in [4.69, 9.17) is 4.98 Å². The van der Waals surface area contributed by atoms with Crippen molar-refractivity contribution in [2.45, 2.75) is 52.4 Å². The molecule has 1 aromatic carbocycles. The van der Waals surface area contributed by atoms with Crippen LogP contribution in [0.4, 0.5) is 0 Å². The number of benzene rings is 1. The molecule has 19 heavy (non-hydrogen) atoms. The fraction of sp³-hybridized carbons (Fsp3) is 0.471. The summed E-state index contributed by atoms with van der Waals surface area (Å²) in [7, 11) is 0. The zero-order chi connectivity index (χ0) is 13.6. The molecule has 0 aliphatic heterocycles. The third-order valence-corrected chi connectivity index (χ3v) is 4.04. The van der Waals surface area contributed by atoms with E-state index in [-0.39, 0.29) is 0 Å². The second kappa shape index (κ2) is 4.52. The van der Waals surface area contributed by atoms with Crippen LogP contribution in [-0.2, 0) is 12.8 Å². The van der Waals surface area contributed by atoms with Gasteiger partial charge >= 0.3 is 0 Å². The largest absolute Gasteiger partial charge is 0.345 e. The van der Waals surface area contributed by atoms with Crippen LogP contribution in [-0.4, -0.2) is 9.97 Å². The fourth-order valence-corrected chi connectivity index (χ4v) is 2.78. The van der Waals surface area contributed by atoms with Crippen molar-refractivity contribution >= 4 is 0 Å². The van der Waals surface area contributed by atoms with E-state index >= 15 is 0 Å². The number of aromatic amines is 1. The normalized spacial score (nSPS) is 13.8. The Bertz CT molecular complexity index is 606. The number of aryl methyl sites for hydroxylation is 2. The highest BCUT2D eigenvalue weighted by Crippen LogP contribution is 2.34. The molecule has 1 aliphatic rings. The molecule has 0 atom stereocenters. The van der Waals surface area contributed by atoms with Gasteiger partial charge in [-0.1, -0.05) is 45.9 Å². The van der Waals surface area contributed by atoms with Crippen molar-refractivity contribution in [3.63, 3.8) is 0 Å². The van der Waals surface area contributed by atoms with Gasteiger partial charge in [0.15, 0.2) is 0 Å². The highest BCUT2D eigenvalue weighted by atomic mass is 14.9. The summed E-state index contributed by atoms with van der Waals surface area (Å²) < 4.78 is 0. The number of fused-ring (bicyclic) bond motifs is 3. The Labute approximate surface area is 115 Å². The van der Waals surface area contributed by atoms with Gasteiger partial charge in [-0.05, 0) is 29.9 Å². The smallest absolute Gasteiger partial charge is 0.109 e. The van der Waals surface area contributed by atoms with Gasteiger partial charge < -0.3 is 4.98 Å². The molecule has 1 aromatic heterocycles. The van der Waals surface area contributed by atoms with E-state index in [2.05, 4.69) is 50.9 Å². The molecule has 0 unspecified atom stereocenters. The Morgan fingerprint density at radius 1 is 1.05 bits per heavy atom. The third-order valence-electron chi connectivity index (χ3n) is 4.04. The van der Waals surface area contributed by atoms with E-state index in [0.717, 1.165) is 18.7 Å². The van der Waals surface area contributed by atoms with Crippen molar-refractivity contribution in [1.82, 2.24) is 9.97 Å². The van der Waals surface area contributed by atoms with Gasteiger partial charge in [0.05, 0.1) is 5.69 Å². The van der Waals surface area contributed by atoms with Crippen molar-refractivity contribution in [3.05, 3.63) is 40.8 Å². The maximum absolute atomic E-state index is 4.81. The second-order valence-corrected chi connectivity index (χ2v) is 6.18. The monoisotopic (exact) mass is 254 g/mol. The Morgan fingerprint density at radius 2 is 1.84 bits per heavy atom. The lowest BCUT2D eigenvalue weighted by Gasteiger charge is -2.17. The van der Waals surface area contributed by atoms with Crippen LogP contribution in [0.3, 0.4) is 0 Å². The maximum Gasteiger partial charge on any atom is 0.109 e. The Balaban J connectivity index is 2.08. The molecule has 2 nitrogen and oxygen atoms in total. The van der Waals surface area contributed by atoms with Crippen LogP contribution < -0.4 is 0 Å². The highest BCUT2D eigenvalue weighted by molar-refractivity contribution is 5.69. The molecule has 1 aliphatic carbocycles. The predicted molar refractivity (Wildman–Crippen MR) is 79.6 cm³/mol. The quantitative estimate of drug-likeness (QED) is 0.844. The maximum atomic E-state index is 4.81. The third kappa shape index (κ3) is 2.09. The molecule has 0 fully saturated rings. The van der Waals surface area contributed by atoms with E-state index in [1.165, 1.54) is 28.1 Å². The molecule has 3 rings (SSSR count). The molecule has 1 N–H and O–H groups in total. The molecule has 0 spiro atoms. The molecular formula is C17H22N2. The molecule has 0 radical (unpaired) electrons. The van der Waals surface area contributed by atoms with E-state index < -0.39 is 0 Å². The van der Waals surface area contributed by atoms with Gasteiger partial charge in [-0.15, -0.1) is 0 Å². The van der Waals surface area contributed by atoms with Crippen LogP contribution in [0.1, 0.15) is 62.2 Å². The number of nitrogens with zero attached hydrogens (tertiary/aromatic N) is 1. The summed E-state index contributed by atoms with van der Waals surface area (Å²) in [6, 6.07) is 6.88. The van der Waals surface area contributed by atoms with Crippen molar-refractivity contribution in [2.75, 3.05) is 0 Å². The molecule has 100 valence electrons. The number of hydrogen-bond donors (Lipinski definition) is 1. The van der Waals surface area contributed by atoms with Crippen molar-refractivity contribution < 1.29 is 0 Å². The van der Waals surface area contributed by atoms with Gasteiger partial charge in [-0.3, -0.25) is 0 Å². The van der Waals surface area contributed by atoms with Crippen molar-refractivity contribution in [3.8, 4) is 11.3 Å². The van der Waals surface area contributed by atoms with Crippen molar-refractivity contribution in [1.29, 1.82) is 0 Å². The number of rotatable bonds is 2. The minimum absolute atomic E-state index is 0.462. The molecule has 0 amide bonds. The van der Waals surface area contributed by atoms with Crippen LogP contribution in [0.15, 0.2) is 18.2 Å². The molecule has 2 aromatic rings.